The van der Waals surface area contributed by atoms with Crippen molar-refractivity contribution in [2.75, 3.05) is 0 Å². The summed E-state index contributed by atoms with van der Waals surface area (Å²) >= 11 is 5.10. The number of aromatic amines is 2. The molecule has 5 heteroatoms. The van der Waals surface area contributed by atoms with Gasteiger partial charge in [0.05, 0.1) is 6.04 Å². The summed E-state index contributed by atoms with van der Waals surface area (Å²) < 4.78 is 2.66. The van der Waals surface area contributed by atoms with Crippen LogP contribution in [0, 0.1) is 4.77 Å². The van der Waals surface area contributed by atoms with Crippen molar-refractivity contribution >= 4 is 12.2 Å². The summed E-state index contributed by atoms with van der Waals surface area (Å²) in [5.74, 6) is 0.913. The number of nitrogens with one attached hydrogen (secondary N) is 2. The van der Waals surface area contributed by atoms with E-state index in [9.17, 15) is 0 Å². The first-order valence-electron chi connectivity index (χ1n) is 4.04. The highest BCUT2D eigenvalue weighted by Crippen LogP contribution is 2.12. The fraction of sp³-hybridized carbons (Fsp3) is 0.250. The Morgan fingerprint density at radius 2 is 2.31 bits per heavy atom. The van der Waals surface area contributed by atoms with Gasteiger partial charge in [0, 0.05) is 24.8 Å². The highest BCUT2D eigenvalue weighted by Gasteiger charge is 2.09. The molecule has 0 aliphatic rings. The van der Waals surface area contributed by atoms with Crippen LogP contribution < -0.4 is 0 Å². The Kier molecular flexibility index (Phi) is 2.02. The molecule has 13 heavy (non-hydrogen) atoms. The van der Waals surface area contributed by atoms with Crippen molar-refractivity contribution in [3.63, 3.8) is 0 Å². The van der Waals surface area contributed by atoms with E-state index in [1.807, 2.05) is 30.1 Å². The minimum Gasteiger partial charge on any atom is -0.347 e. The van der Waals surface area contributed by atoms with Crippen LogP contribution in [0.5, 0.6) is 0 Å². The third-order valence-corrected chi connectivity index (χ3v) is 2.34. The molecule has 68 valence electrons. The van der Waals surface area contributed by atoms with Gasteiger partial charge in [-0.05, 0) is 19.1 Å². The zero-order chi connectivity index (χ0) is 9.26. The zero-order valence-corrected chi connectivity index (χ0v) is 8.01. The molecule has 0 saturated heterocycles. The van der Waals surface area contributed by atoms with Crippen LogP contribution in [0.4, 0.5) is 0 Å². The molecule has 0 radical (unpaired) electrons. The lowest BCUT2D eigenvalue weighted by Crippen LogP contribution is -2.07. The van der Waals surface area contributed by atoms with Gasteiger partial charge in [-0.15, -0.1) is 0 Å². The van der Waals surface area contributed by atoms with Crippen LogP contribution in [0.15, 0.2) is 24.8 Å². The lowest BCUT2D eigenvalue weighted by atomic mass is 10.3. The minimum atomic E-state index is 0.147. The van der Waals surface area contributed by atoms with Gasteiger partial charge in [0.15, 0.2) is 4.77 Å². The van der Waals surface area contributed by atoms with E-state index in [1.54, 1.807) is 6.20 Å². The minimum absolute atomic E-state index is 0.147. The van der Waals surface area contributed by atoms with Crippen LogP contribution in [-0.2, 0) is 0 Å². The van der Waals surface area contributed by atoms with Crippen molar-refractivity contribution in [3.05, 3.63) is 35.4 Å². The average molecular weight is 194 g/mol. The quantitative estimate of drug-likeness (QED) is 0.717. The van der Waals surface area contributed by atoms with Gasteiger partial charge in [0.1, 0.15) is 5.82 Å². The number of aromatic nitrogens is 4. The van der Waals surface area contributed by atoms with Crippen molar-refractivity contribution < 1.29 is 0 Å². The van der Waals surface area contributed by atoms with Gasteiger partial charge >= 0.3 is 0 Å². The normalized spacial score (nSPS) is 13.0. The van der Waals surface area contributed by atoms with E-state index in [4.69, 9.17) is 12.2 Å². The van der Waals surface area contributed by atoms with Crippen LogP contribution >= 0.6 is 12.2 Å². The van der Waals surface area contributed by atoms with Crippen molar-refractivity contribution in [2.24, 2.45) is 0 Å². The molecule has 0 aliphatic carbocycles. The van der Waals surface area contributed by atoms with Crippen molar-refractivity contribution in [3.8, 4) is 0 Å². The molecule has 2 heterocycles. The molecule has 0 fully saturated rings. The largest absolute Gasteiger partial charge is 0.347 e. The Morgan fingerprint density at radius 1 is 1.46 bits per heavy atom. The van der Waals surface area contributed by atoms with Crippen molar-refractivity contribution in [1.82, 2.24) is 19.5 Å². The van der Waals surface area contributed by atoms with Gasteiger partial charge < -0.3 is 14.5 Å². The predicted octanol–water partition coefficient (Wildman–Crippen LogP) is 1.88. The summed E-state index contributed by atoms with van der Waals surface area (Å²) in [5.41, 5.74) is 0. The highest BCUT2D eigenvalue weighted by molar-refractivity contribution is 7.71. The van der Waals surface area contributed by atoms with E-state index >= 15 is 0 Å². The first kappa shape index (κ1) is 8.25. The van der Waals surface area contributed by atoms with Crippen LogP contribution in [-0.4, -0.2) is 19.5 Å². The van der Waals surface area contributed by atoms with Gasteiger partial charge in [0.25, 0.3) is 0 Å². The van der Waals surface area contributed by atoms with Crippen LogP contribution in [0.3, 0.4) is 0 Å². The second kappa shape index (κ2) is 3.18. The molecule has 0 amide bonds. The smallest absolute Gasteiger partial charge is 0.177 e. The Morgan fingerprint density at radius 3 is 2.85 bits per heavy atom. The topological polar surface area (TPSA) is 49.4 Å². The molecule has 2 aromatic rings. The summed E-state index contributed by atoms with van der Waals surface area (Å²) in [4.78, 5) is 10.2. The number of H-pyrrole nitrogens is 2. The van der Waals surface area contributed by atoms with E-state index in [-0.39, 0.29) is 6.04 Å². The zero-order valence-electron chi connectivity index (χ0n) is 7.19. The molecule has 0 spiro atoms. The summed E-state index contributed by atoms with van der Waals surface area (Å²) in [6.07, 6.45) is 7.28. The first-order valence-corrected chi connectivity index (χ1v) is 4.44. The summed E-state index contributed by atoms with van der Waals surface area (Å²) in [6.45, 7) is 2.04. The lowest BCUT2D eigenvalue weighted by molar-refractivity contribution is 0.599. The maximum Gasteiger partial charge on any atom is 0.177 e. The number of imidazole rings is 2. The number of hydrogen-bond donors (Lipinski definition) is 2. The maximum atomic E-state index is 5.10. The maximum absolute atomic E-state index is 5.10. The first-order chi connectivity index (χ1) is 6.29. The molecule has 2 aromatic heterocycles. The number of hydrogen-bond acceptors (Lipinski definition) is 2. The second-order valence-electron chi connectivity index (χ2n) is 2.82. The average Bonchev–Trinajstić information content (AvgIpc) is 2.72. The SMILES string of the molecule is CC(c1ncc[nH]1)n1cc[nH]c1=S. The molecule has 2 N–H and O–H groups in total. The van der Waals surface area contributed by atoms with Crippen LogP contribution in [0.25, 0.3) is 0 Å². The van der Waals surface area contributed by atoms with Crippen molar-refractivity contribution in [1.29, 1.82) is 0 Å². The molecule has 0 aromatic carbocycles. The van der Waals surface area contributed by atoms with Gasteiger partial charge in [0.2, 0.25) is 0 Å². The van der Waals surface area contributed by atoms with Gasteiger partial charge in [-0.2, -0.15) is 0 Å². The Balaban J connectivity index is 2.39. The predicted molar refractivity (Wildman–Crippen MR) is 52.0 cm³/mol. The Labute approximate surface area is 80.6 Å². The molecule has 4 nitrogen and oxygen atoms in total. The Hall–Kier alpha value is -1.36. The second-order valence-corrected chi connectivity index (χ2v) is 3.21. The van der Waals surface area contributed by atoms with Crippen LogP contribution in [0.1, 0.15) is 18.8 Å². The van der Waals surface area contributed by atoms with Gasteiger partial charge in [-0.3, -0.25) is 0 Å². The molecule has 1 atom stereocenters. The molecular formula is C8H10N4S. The molecule has 0 saturated carbocycles. The molecule has 0 bridgehead atoms. The molecule has 1 unspecified atom stereocenters. The fourth-order valence-corrected chi connectivity index (χ4v) is 1.56. The third kappa shape index (κ3) is 1.42. The molecular weight excluding hydrogens is 184 g/mol. The molecule has 2 rings (SSSR count). The van der Waals surface area contributed by atoms with Gasteiger partial charge in [-0.25, -0.2) is 4.98 Å². The van der Waals surface area contributed by atoms with E-state index in [2.05, 4.69) is 15.0 Å². The van der Waals surface area contributed by atoms with E-state index in [0.29, 0.717) is 4.77 Å². The molecule has 0 aliphatic heterocycles. The highest BCUT2D eigenvalue weighted by atomic mass is 32.1. The third-order valence-electron chi connectivity index (χ3n) is 2.01. The number of rotatable bonds is 2. The van der Waals surface area contributed by atoms with Gasteiger partial charge in [-0.1, -0.05) is 0 Å². The summed E-state index contributed by atoms with van der Waals surface area (Å²) in [6, 6.07) is 0.147. The van der Waals surface area contributed by atoms with E-state index in [1.165, 1.54) is 0 Å². The standard InChI is InChI=1S/C8H10N4S/c1-6(7-9-2-3-10-7)12-5-4-11-8(12)13/h2-6H,1H3,(H,9,10)(H,11,13). The van der Waals surface area contributed by atoms with E-state index in [0.717, 1.165) is 5.82 Å². The number of nitrogens with zero attached hydrogens (tertiary/aromatic N) is 2. The fourth-order valence-electron chi connectivity index (χ4n) is 1.27. The van der Waals surface area contributed by atoms with E-state index < -0.39 is 0 Å². The summed E-state index contributed by atoms with van der Waals surface area (Å²) in [7, 11) is 0. The van der Waals surface area contributed by atoms with Crippen molar-refractivity contribution in [2.45, 2.75) is 13.0 Å². The Bertz CT molecular complexity index is 425. The van der Waals surface area contributed by atoms with Crippen LogP contribution in [0.2, 0.25) is 0 Å². The monoisotopic (exact) mass is 194 g/mol. The lowest BCUT2D eigenvalue weighted by Gasteiger charge is -2.09. The summed E-state index contributed by atoms with van der Waals surface area (Å²) in [5, 5.41) is 0.